The SMILES string of the molecule is Nc1ncnc2c1c(-c1ccc(Oc3ccccc3)cc1)nn2[C@H]1CCN(Cc2ccc3c(c2F)C(=O)N(C2CCC(=O)NC2=O)C3=O)C[C@H]1F. The Hall–Kier alpha value is -6.09. The van der Waals surface area contributed by atoms with Crippen molar-refractivity contribution >= 4 is 40.5 Å². The number of likely N-dealkylation sites (tertiary alicyclic amines) is 1. The quantitative estimate of drug-likeness (QED) is 0.236. The summed E-state index contributed by atoms with van der Waals surface area (Å²) in [5, 5.41) is 7.41. The summed E-state index contributed by atoms with van der Waals surface area (Å²) >= 11 is 0. The molecule has 51 heavy (non-hydrogen) atoms. The smallest absolute Gasteiger partial charge is 0.265 e. The number of nitrogens with one attached hydrogen (secondary N) is 1. The number of amides is 4. The van der Waals surface area contributed by atoms with Crippen molar-refractivity contribution in [2.45, 2.75) is 44.1 Å². The molecule has 2 saturated heterocycles. The van der Waals surface area contributed by atoms with Crippen LogP contribution in [0.2, 0.25) is 0 Å². The number of anilines is 1. The van der Waals surface area contributed by atoms with Crippen LogP contribution in [0.3, 0.4) is 0 Å². The highest BCUT2D eigenvalue weighted by atomic mass is 19.1. The summed E-state index contributed by atoms with van der Waals surface area (Å²) in [5.41, 5.74) is 7.41. The number of nitrogens with two attached hydrogens (primary N) is 1. The Morgan fingerprint density at radius 3 is 2.43 bits per heavy atom. The van der Waals surface area contributed by atoms with Gasteiger partial charge in [0.1, 0.15) is 47.4 Å². The van der Waals surface area contributed by atoms with Crippen LogP contribution in [-0.2, 0) is 16.1 Å². The van der Waals surface area contributed by atoms with E-state index < -0.39 is 53.3 Å². The molecule has 0 radical (unpaired) electrons. The van der Waals surface area contributed by atoms with Gasteiger partial charge in [-0.15, -0.1) is 0 Å². The number of halogens is 2. The molecule has 13 nitrogen and oxygen atoms in total. The molecule has 8 rings (SSSR count). The number of hydrogen-bond donors (Lipinski definition) is 2. The number of aromatic nitrogens is 4. The molecule has 3 aromatic carbocycles. The number of rotatable bonds is 7. The number of imide groups is 2. The molecule has 15 heteroatoms. The van der Waals surface area contributed by atoms with Crippen molar-refractivity contribution in [2.75, 3.05) is 18.8 Å². The summed E-state index contributed by atoms with van der Waals surface area (Å²) < 4.78 is 39.4. The fourth-order valence-electron chi connectivity index (χ4n) is 7.03. The Kier molecular flexibility index (Phi) is 7.98. The van der Waals surface area contributed by atoms with Crippen molar-refractivity contribution < 1.29 is 32.7 Å². The Labute approximate surface area is 289 Å². The van der Waals surface area contributed by atoms with E-state index in [9.17, 15) is 19.2 Å². The first-order chi connectivity index (χ1) is 24.7. The van der Waals surface area contributed by atoms with Crippen molar-refractivity contribution in [1.29, 1.82) is 0 Å². The van der Waals surface area contributed by atoms with Crippen LogP contribution in [0.4, 0.5) is 14.6 Å². The molecule has 258 valence electrons. The molecule has 4 amide bonds. The van der Waals surface area contributed by atoms with Crippen LogP contribution >= 0.6 is 0 Å². The van der Waals surface area contributed by atoms with Crippen LogP contribution < -0.4 is 15.8 Å². The van der Waals surface area contributed by atoms with E-state index in [1.54, 1.807) is 21.7 Å². The first-order valence-corrected chi connectivity index (χ1v) is 16.4. The first-order valence-electron chi connectivity index (χ1n) is 16.4. The Balaban J connectivity index is 1.00. The number of carbonyl (C=O) groups is 4. The minimum absolute atomic E-state index is 0.0240. The van der Waals surface area contributed by atoms with Gasteiger partial charge in [0, 0.05) is 37.2 Å². The zero-order chi connectivity index (χ0) is 35.4. The molecule has 2 fully saturated rings. The first kappa shape index (κ1) is 32.1. The van der Waals surface area contributed by atoms with Crippen LogP contribution in [0.25, 0.3) is 22.3 Å². The lowest BCUT2D eigenvalue weighted by Gasteiger charge is -2.35. The number of nitrogen functional groups attached to an aromatic ring is 1. The molecule has 1 unspecified atom stereocenters. The molecule has 2 aromatic heterocycles. The van der Waals surface area contributed by atoms with Crippen molar-refractivity contribution in [3.8, 4) is 22.8 Å². The normalized spacial score (nSPS) is 20.9. The monoisotopic (exact) mass is 692 g/mol. The second-order valence-corrected chi connectivity index (χ2v) is 12.7. The molecule has 0 saturated carbocycles. The molecule has 0 spiro atoms. The number of fused-ring (bicyclic) bond motifs is 2. The maximum absolute atomic E-state index is 16.1. The number of carbonyl (C=O) groups excluding carboxylic acids is 4. The molecule has 3 atom stereocenters. The number of hydrogen-bond acceptors (Lipinski definition) is 10. The zero-order valence-electron chi connectivity index (χ0n) is 27.0. The highest BCUT2D eigenvalue weighted by molar-refractivity contribution is 6.23. The summed E-state index contributed by atoms with van der Waals surface area (Å²) in [5.74, 6) is -2.40. The number of benzene rings is 3. The highest BCUT2D eigenvalue weighted by Gasteiger charge is 2.46. The van der Waals surface area contributed by atoms with Crippen molar-refractivity contribution in [1.82, 2.24) is 34.9 Å². The average Bonchev–Trinajstić information content (AvgIpc) is 3.62. The van der Waals surface area contributed by atoms with Gasteiger partial charge in [-0.2, -0.15) is 5.10 Å². The van der Waals surface area contributed by atoms with Crippen molar-refractivity contribution in [3.63, 3.8) is 0 Å². The van der Waals surface area contributed by atoms with Crippen LogP contribution in [0.1, 0.15) is 51.6 Å². The maximum Gasteiger partial charge on any atom is 0.265 e. The number of ether oxygens (including phenoxy) is 1. The minimum Gasteiger partial charge on any atom is -0.457 e. The van der Waals surface area contributed by atoms with Gasteiger partial charge in [-0.1, -0.05) is 24.3 Å². The summed E-state index contributed by atoms with van der Waals surface area (Å²) in [7, 11) is 0. The topological polar surface area (TPSA) is 166 Å². The predicted molar refractivity (Wildman–Crippen MR) is 179 cm³/mol. The van der Waals surface area contributed by atoms with Crippen LogP contribution in [0.15, 0.2) is 73.1 Å². The van der Waals surface area contributed by atoms with E-state index in [0.29, 0.717) is 51.7 Å². The lowest BCUT2D eigenvalue weighted by atomic mass is 10.0. The minimum atomic E-state index is -1.43. The average molecular weight is 693 g/mol. The van der Waals surface area contributed by atoms with Gasteiger partial charge >= 0.3 is 0 Å². The number of piperidine rings is 2. The van der Waals surface area contributed by atoms with E-state index in [0.717, 1.165) is 0 Å². The largest absolute Gasteiger partial charge is 0.457 e. The summed E-state index contributed by atoms with van der Waals surface area (Å²) in [4.78, 5) is 61.3. The van der Waals surface area contributed by atoms with E-state index in [1.165, 1.54) is 18.5 Å². The van der Waals surface area contributed by atoms with E-state index in [4.69, 9.17) is 15.6 Å². The summed E-state index contributed by atoms with van der Waals surface area (Å²) in [6.45, 7) is 0.267. The van der Waals surface area contributed by atoms with Crippen molar-refractivity contribution in [3.05, 3.63) is 95.6 Å². The van der Waals surface area contributed by atoms with Gasteiger partial charge in [0.25, 0.3) is 11.8 Å². The third kappa shape index (κ3) is 5.64. The zero-order valence-corrected chi connectivity index (χ0v) is 27.0. The Morgan fingerprint density at radius 1 is 0.922 bits per heavy atom. The number of alkyl halides is 1. The van der Waals surface area contributed by atoms with Gasteiger partial charge in [0.2, 0.25) is 11.8 Å². The molecule has 3 aliphatic rings. The maximum atomic E-state index is 16.1. The Morgan fingerprint density at radius 2 is 1.69 bits per heavy atom. The van der Waals surface area contributed by atoms with Crippen LogP contribution in [0.5, 0.6) is 11.5 Å². The van der Waals surface area contributed by atoms with E-state index in [1.807, 2.05) is 42.5 Å². The second kappa shape index (κ2) is 12.7. The van der Waals surface area contributed by atoms with Gasteiger partial charge in [-0.05, 0) is 55.3 Å². The van der Waals surface area contributed by atoms with Gasteiger partial charge < -0.3 is 10.5 Å². The molecule has 5 aromatic rings. The van der Waals surface area contributed by atoms with E-state index in [-0.39, 0.29) is 42.9 Å². The fourth-order valence-corrected chi connectivity index (χ4v) is 7.03. The van der Waals surface area contributed by atoms with Crippen LogP contribution in [0, 0.1) is 5.82 Å². The van der Waals surface area contributed by atoms with Gasteiger partial charge in [0.15, 0.2) is 5.65 Å². The van der Waals surface area contributed by atoms with Gasteiger partial charge in [-0.25, -0.2) is 23.4 Å². The van der Waals surface area contributed by atoms with Crippen LogP contribution in [-0.4, -0.2) is 78.5 Å². The fraction of sp³-hybridized carbons (Fsp3) is 0.250. The molecule has 0 aliphatic carbocycles. The number of nitrogens with zero attached hydrogens (tertiary/aromatic N) is 6. The summed E-state index contributed by atoms with van der Waals surface area (Å²) in [6.07, 6.45) is 0.0857. The number of para-hydroxylation sites is 1. The molecular formula is C36H30F2N8O5. The van der Waals surface area contributed by atoms with Gasteiger partial charge in [0.05, 0.1) is 22.6 Å². The molecule has 3 N–H and O–H groups in total. The Bertz CT molecular complexity index is 2230. The third-order valence-corrected chi connectivity index (χ3v) is 9.55. The predicted octanol–water partition coefficient (Wildman–Crippen LogP) is 4.19. The summed E-state index contributed by atoms with van der Waals surface area (Å²) in [6, 6.07) is 17.5. The van der Waals surface area contributed by atoms with Gasteiger partial charge in [-0.3, -0.25) is 34.3 Å². The third-order valence-electron chi connectivity index (χ3n) is 9.55. The van der Waals surface area contributed by atoms with E-state index >= 15 is 8.78 Å². The molecule has 0 bridgehead atoms. The lowest BCUT2D eigenvalue weighted by Crippen LogP contribution is -2.54. The highest BCUT2D eigenvalue weighted by Crippen LogP contribution is 2.37. The molecular weight excluding hydrogens is 662 g/mol. The van der Waals surface area contributed by atoms with E-state index in [2.05, 4.69) is 15.3 Å². The second-order valence-electron chi connectivity index (χ2n) is 12.7. The lowest BCUT2D eigenvalue weighted by molar-refractivity contribution is -0.136. The molecule has 3 aliphatic heterocycles. The van der Waals surface area contributed by atoms with Crippen molar-refractivity contribution in [2.24, 2.45) is 0 Å². The standard InChI is InChI=1S/C36H30F2N8O5/c37-24-17-44(16-20-8-11-23-28(30(20)38)36(50)45(35(23)49)26-12-13-27(47)42-34(26)48)15-14-25(24)46-33-29(32(39)40-18-41-33)31(43-46)19-6-9-22(10-7-19)51-21-4-2-1-3-5-21/h1-11,18,24-26H,12-17H2,(H2,39,40,41)(H,42,47,48)/t24-,25+,26?/m1/s1. The molecule has 5 heterocycles.